The van der Waals surface area contributed by atoms with Crippen molar-refractivity contribution in [2.24, 2.45) is 5.92 Å². The number of rotatable bonds is 10. The highest BCUT2D eigenvalue weighted by Crippen LogP contribution is 2.35. The van der Waals surface area contributed by atoms with Gasteiger partial charge in [-0.2, -0.15) is 0 Å². The van der Waals surface area contributed by atoms with E-state index in [2.05, 4.69) is 5.32 Å². The Morgan fingerprint density at radius 1 is 1.14 bits per heavy atom. The zero-order valence-electron chi connectivity index (χ0n) is 26.6. The number of piperidine rings is 1. The highest BCUT2D eigenvalue weighted by atomic mass is 32.2. The zero-order chi connectivity index (χ0) is 31.1. The molecule has 0 radical (unpaired) electrons. The molecular weight excluding hydrogens is 564 g/mol. The summed E-state index contributed by atoms with van der Waals surface area (Å²) in [7, 11) is 0. The first kappa shape index (κ1) is 32.9. The van der Waals surface area contributed by atoms with Crippen molar-refractivity contribution < 1.29 is 23.9 Å². The van der Waals surface area contributed by atoms with E-state index in [1.807, 2.05) is 63.8 Å². The van der Waals surface area contributed by atoms with Crippen LogP contribution in [0, 0.1) is 5.92 Å². The number of hydrogen-bond acceptors (Lipinski definition) is 7. The van der Waals surface area contributed by atoms with E-state index in [0.717, 1.165) is 23.1 Å². The van der Waals surface area contributed by atoms with Gasteiger partial charge in [-0.05, 0) is 78.4 Å². The Morgan fingerprint density at radius 2 is 1.88 bits per heavy atom. The molecule has 3 amide bonds. The SMILES string of the molecule is CC(=O)NCCSc1cc(C(=O)N(C(C)C)[C@@H]2CCCN(C(=O)OC(C)(C)C)C2)nc2c(OCC3CCCC3)cccc12. The minimum atomic E-state index is -0.585. The molecule has 0 unspecified atom stereocenters. The first-order chi connectivity index (χ1) is 20.4. The van der Waals surface area contributed by atoms with Crippen LogP contribution in [0.5, 0.6) is 5.75 Å². The molecule has 1 aliphatic carbocycles. The van der Waals surface area contributed by atoms with Crippen LogP contribution < -0.4 is 10.1 Å². The molecule has 1 aliphatic heterocycles. The Hall–Kier alpha value is -3.01. The number of fused-ring (bicyclic) bond motifs is 1. The maximum atomic E-state index is 14.3. The lowest BCUT2D eigenvalue weighted by Crippen LogP contribution is -2.54. The van der Waals surface area contributed by atoms with Gasteiger partial charge < -0.3 is 24.6 Å². The van der Waals surface area contributed by atoms with Crippen molar-refractivity contribution in [3.05, 3.63) is 30.0 Å². The predicted molar refractivity (Wildman–Crippen MR) is 171 cm³/mol. The minimum Gasteiger partial charge on any atom is -0.491 e. The van der Waals surface area contributed by atoms with Gasteiger partial charge in [0.25, 0.3) is 5.91 Å². The minimum absolute atomic E-state index is 0.0702. The lowest BCUT2D eigenvalue weighted by Gasteiger charge is -2.41. The van der Waals surface area contributed by atoms with E-state index in [-0.39, 0.29) is 30.0 Å². The number of para-hydroxylation sites is 1. The van der Waals surface area contributed by atoms with Crippen LogP contribution in [0.25, 0.3) is 10.9 Å². The molecule has 1 atom stereocenters. The van der Waals surface area contributed by atoms with Gasteiger partial charge in [-0.15, -0.1) is 11.8 Å². The number of nitrogens with one attached hydrogen (secondary N) is 1. The zero-order valence-corrected chi connectivity index (χ0v) is 27.4. The molecule has 43 heavy (non-hydrogen) atoms. The fraction of sp³-hybridized carbons (Fsp3) is 0.636. The first-order valence-electron chi connectivity index (χ1n) is 15.7. The van der Waals surface area contributed by atoms with Crippen LogP contribution in [0.2, 0.25) is 0 Å². The number of carbonyl (C=O) groups is 3. The second kappa shape index (κ2) is 14.6. The van der Waals surface area contributed by atoms with Crippen LogP contribution in [0.3, 0.4) is 0 Å². The molecule has 0 bridgehead atoms. The Kier molecular flexibility index (Phi) is 11.2. The van der Waals surface area contributed by atoms with Gasteiger partial charge in [0.15, 0.2) is 0 Å². The fourth-order valence-electron chi connectivity index (χ4n) is 5.94. The van der Waals surface area contributed by atoms with Crippen LogP contribution in [-0.4, -0.2) is 82.4 Å². The summed E-state index contributed by atoms with van der Waals surface area (Å²) in [5, 5.41) is 3.78. The maximum Gasteiger partial charge on any atom is 0.410 e. The van der Waals surface area contributed by atoms with Gasteiger partial charge in [0.1, 0.15) is 22.6 Å². The Bertz CT molecular complexity index is 1290. The second-order valence-corrected chi connectivity index (χ2v) is 14.1. The van der Waals surface area contributed by atoms with Crippen LogP contribution in [0.1, 0.15) is 90.6 Å². The van der Waals surface area contributed by atoms with Crippen molar-refractivity contribution in [2.45, 2.75) is 103 Å². The fourth-order valence-corrected chi connectivity index (χ4v) is 6.88. The van der Waals surface area contributed by atoms with E-state index in [9.17, 15) is 14.4 Å². The third-order valence-corrected chi connectivity index (χ3v) is 8.96. The summed E-state index contributed by atoms with van der Waals surface area (Å²) < 4.78 is 12.0. The van der Waals surface area contributed by atoms with Crippen LogP contribution in [0.4, 0.5) is 4.79 Å². The topological polar surface area (TPSA) is 101 Å². The summed E-state index contributed by atoms with van der Waals surface area (Å²) in [6.07, 6.45) is 6.08. The molecule has 2 aliphatic rings. The van der Waals surface area contributed by atoms with Gasteiger partial charge in [0.2, 0.25) is 5.91 Å². The van der Waals surface area contributed by atoms with Gasteiger partial charge >= 0.3 is 6.09 Å². The summed E-state index contributed by atoms with van der Waals surface area (Å²) in [4.78, 5) is 48.1. The summed E-state index contributed by atoms with van der Waals surface area (Å²) in [6, 6.07) is 7.54. The number of likely N-dealkylation sites (tertiary alicyclic amines) is 1. The van der Waals surface area contributed by atoms with Gasteiger partial charge in [-0.25, -0.2) is 9.78 Å². The van der Waals surface area contributed by atoms with E-state index in [4.69, 9.17) is 14.5 Å². The molecule has 9 nitrogen and oxygen atoms in total. The lowest BCUT2D eigenvalue weighted by molar-refractivity contribution is -0.118. The molecular formula is C33H48N4O5S. The first-order valence-corrected chi connectivity index (χ1v) is 16.7. The standard InChI is InChI=1S/C33H48N4O5S/c1-22(2)37(25-13-10-17-36(20-25)32(40)42-33(4,5)6)31(39)27-19-29(43-18-16-34-23(3)38)26-14-9-15-28(30(26)35-27)41-21-24-11-7-8-12-24/h9,14-15,19,22,24-25H,7-8,10-13,16-18,20-21H2,1-6H3,(H,34,38)/t25-/m1/s1. The van der Waals surface area contributed by atoms with Crippen LogP contribution in [0.15, 0.2) is 29.2 Å². The molecule has 4 rings (SSSR count). The molecule has 10 heteroatoms. The van der Waals surface area contributed by atoms with Gasteiger partial charge in [0.05, 0.1) is 12.6 Å². The smallest absolute Gasteiger partial charge is 0.410 e. The molecule has 0 spiro atoms. The second-order valence-electron chi connectivity index (χ2n) is 13.0. The molecule has 2 aromatic rings. The van der Waals surface area contributed by atoms with Gasteiger partial charge in [-0.3, -0.25) is 9.59 Å². The Labute approximate surface area is 260 Å². The van der Waals surface area contributed by atoms with Crippen LogP contribution >= 0.6 is 11.8 Å². The van der Waals surface area contributed by atoms with E-state index in [0.29, 0.717) is 54.9 Å². The average molecular weight is 613 g/mol. The monoisotopic (exact) mass is 612 g/mol. The molecule has 1 N–H and O–H groups in total. The van der Waals surface area contributed by atoms with Crippen molar-refractivity contribution in [3.8, 4) is 5.75 Å². The average Bonchev–Trinajstić information content (AvgIpc) is 3.47. The van der Waals surface area contributed by atoms with Gasteiger partial charge in [0, 0.05) is 48.6 Å². The number of amides is 3. The molecule has 1 saturated heterocycles. The maximum absolute atomic E-state index is 14.3. The van der Waals surface area contributed by atoms with E-state index < -0.39 is 5.60 Å². The van der Waals surface area contributed by atoms with E-state index in [1.165, 1.54) is 32.6 Å². The number of carbonyl (C=O) groups excluding carboxylic acids is 3. The molecule has 1 aromatic heterocycles. The van der Waals surface area contributed by atoms with Crippen molar-refractivity contribution in [1.82, 2.24) is 20.1 Å². The third kappa shape index (κ3) is 9.00. The summed E-state index contributed by atoms with van der Waals surface area (Å²) in [6.45, 7) is 13.3. The number of thioether (sulfide) groups is 1. The largest absolute Gasteiger partial charge is 0.491 e. The highest BCUT2D eigenvalue weighted by Gasteiger charge is 2.35. The number of pyridine rings is 1. The van der Waals surface area contributed by atoms with Crippen molar-refractivity contribution in [3.63, 3.8) is 0 Å². The lowest BCUT2D eigenvalue weighted by atomic mass is 10.0. The highest BCUT2D eigenvalue weighted by molar-refractivity contribution is 7.99. The normalized spacial score (nSPS) is 17.7. The number of ether oxygens (including phenoxy) is 2. The predicted octanol–water partition coefficient (Wildman–Crippen LogP) is 6.28. The number of nitrogens with zero attached hydrogens (tertiary/aromatic N) is 3. The summed E-state index contributed by atoms with van der Waals surface area (Å²) in [5.41, 5.74) is 0.448. The Morgan fingerprint density at radius 3 is 2.56 bits per heavy atom. The van der Waals surface area contributed by atoms with Gasteiger partial charge in [-0.1, -0.05) is 25.0 Å². The number of benzene rings is 1. The quantitative estimate of drug-likeness (QED) is 0.249. The van der Waals surface area contributed by atoms with Crippen molar-refractivity contribution in [1.29, 1.82) is 0 Å². The molecule has 1 aromatic carbocycles. The molecule has 2 heterocycles. The number of hydrogen-bond donors (Lipinski definition) is 1. The summed E-state index contributed by atoms with van der Waals surface area (Å²) in [5.74, 6) is 1.65. The summed E-state index contributed by atoms with van der Waals surface area (Å²) >= 11 is 1.59. The van der Waals surface area contributed by atoms with E-state index >= 15 is 0 Å². The van der Waals surface area contributed by atoms with E-state index in [1.54, 1.807) is 16.7 Å². The molecule has 236 valence electrons. The van der Waals surface area contributed by atoms with Crippen LogP contribution in [-0.2, 0) is 9.53 Å². The number of aromatic nitrogens is 1. The van der Waals surface area contributed by atoms with Crippen molar-refractivity contribution in [2.75, 3.05) is 32.0 Å². The molecule has 1 saturated carbocycles. The third-order valence-electron chi connectivity index (χ3n) is 7.90. The molecule has 2 fully saturated rings. The van der Waals surface area contributed by atoms with Crippen molar-refractivity contribution >= 4 is 40.6 Å². The Balaban J connectivity index is 1.64.